The van der Waals surface area contributed by atoms with Crippen LogP contribution in [0.2, 0.25) is 0 Å². The molecule has 2 rings (SSSR count). The molecule has 0 bridgehead atoms. The van der Waals surface area contributed by atoms with Gasteiger partial charge in [-0.3, -0.25) is 0 Å². The average Bonchev–Trinajstić information content (AvgIpc) is 2.26. The van der Waals surface area contributed by atoms with Crippen molar-refractivity contribution >= 4 is 10.8 Å². The highest BCUT2D eigenvalue weighted by atomic mass is 14.0. The quantitative estimate of drug-likeness (QED) is 0.675. The van der Waals surface area contributed by atoms with E-state index in [4.69, 9.17) is 0 Å². The summed E-state index contributed by atoms with van der Waals surface area (Å²) in [5.74, 6) is 0. The highest BCUT2D eigenvalue weighted by Crippen LogP contribution is 2.16. The van der Waals surface area contributed by atoms with Gasteiger partial charge in [-0.05, 0) is 35.2 Å². The molecule has 0 atom stereocenters. The van der Waals surface area contributed by atoms with Crippen molar-refractivity contribution in [3.05, 3.63) is 48.0 Å². The van der Waals surface area contributed by atoms with Crippen molar-refractivity contribution in [2.24, 2.45) is 0 Å². The first-order chi connectivity index (χ1) is 6.90. The SMILES string of the molecule is CCCCc1ccc2[c]cccc2c1. The second kappa shape index (κ2) is 4.28. The van der Waals surface area contributed by atoms with E-state index in [-0.39, 0.29) is 0 Å². The van der Waals surface area contributed by atoms with Gasteiger partial charge in [-0.25, -0.2) is 0 Å². The summed E-state index contributed by atoms with van der Waals surface area (Å²) in [5, 5.41) is 2.52. The Kier molecular flexibility index (Phi) is 2.83. The molecule has 71 valence electrons. The Labute approximate surface area is 85.6 Å². The lowest BCUT2D eigenvalue weighted by atomic mass is 10.0. The zero-order valence-electron chi connectivity index (χ0n) is 8.59. The fourth-order valence-corrected chi connectivity index (χ4v) is 1.71. The summed E-state index contributed by atoms with van der Waals surface area (Å²) >= 11 is 0. The van der Waals surface area contributed by atoms with Gasteiger partial charge in [0.15, 0.2) is 0 Å². The van der Waals surface area contributed by atoms with Gasteiger partial charge in [0, 0.05) is 0 Å². The summed E-state index contributed by atoms with van der Waals surface area (Å²) in [6.45, 7) is 2.23. The Morgan fingerprint density at radius 2 is 2.14 bits per heavy atom. The maximum atomic E-state index is 3.23. The summed E-state index contributed by atoms with van der Waals surface area (Å²) in [5.41, 5.74) is 1.44. The number of fused-ring (bicyclic) bond motifs is 1. The second-order valence-corrected chi connectivity index (χ2v) is 3.70. The molecule has 0 saturated carbocycles. The van der Waals surface area contributed by atoms with E-state index in [1.807, 2.05) is 12.1 Å². The Hall–Kier alpha value is -1.30. The molecule has 0 heterocycles. The maximum Gasteiger partial charge on any atom is -0.00992 e. The lowest BCUT2D eigenvalue weighted by molar-refractivity contribution is 0.796. The van der Waals surface area contributed by atoms with Gasteiger partial charge in [-0.2, -0.15) is 0 Å². The molecular formula is C14H15. The molecule has 0 amide bonds. The highest BCUT2D eigenvalue weighted by molar-refractivity contribution is 5.82. The first kappa shape index (κ1) is 9.26. The molecule has 0 fully saturated rings. The summed E-state index contributed by atoms with van der Waals surface area (Å²) in [6.07, 6.45) is 3.74. The molecule has 1 radical (unpaired) electrons. The zero-order chi connectivity index (χ0) is 9.80. The van der Waals surface area contributed by atoms with Crippen LogP contribution in [0.1, 0.15) is 25.3 Å². The van der Waals surface area contributed by atoms with E-state index in [0.29, 0.717) is 0 Å². The molecule has 0 aliphatic heterocycles. The van der Waals surface area contributed by atoms with E-state index in [0.717, 1.165) is 0 Å². The normalized spacial score (nSPS) is 10.6. The van der Waals surface area contributed by atoms with Crippen molar-refractivity contribution in [2.75, 3.05) is 0 Å². The predicted molar refractivity (Wildman–Crippen MR) is 61.4 cm³/mol. The molecule has 0 aliphatic carbocycles. The topological polar surface area (TPSA) is 0 Å². The summed E-state index contributed by atoms with van der Waals surface area (Å²) in [7, 11) is 0. The van der Waals surface area contributed by atoms with E-state index in [2.05, 4.69) is 37.3 Å². The van der Waals surface area contributed by atoms with Crippen molar-refractivity contribution in [1.82, 2.24) is 0 Å². The van der Waals surface area contributed by atoms with Crippen LogP contribution in [-0.4, -0.2) is 0 Å². The third-order valence-corrected chi connectivity index (χ3v) is 2.55. The van der Waals surface area contributed by atoms with Crippen LogP contribution in [0, 0.1) is 6.07 Å². The predicted octanol–water partition coefficient (Wildman–Crippen LogP) is 3.98. The third-order valence-electron chi connectivity index (χ3n) is 2.55. The van der Waals surface area contributed by atoms with Gasteiger partial charge >= 0.3 is 0 Å². The molecule has 0 aliphatic rings. The monoisotopic (exact) mass is 183 g/mol. The van der Waals surface area contributed by atoms with E-state index in [1.165, 1.54) is 35.6 Å². The van der Waals surface area contributed by atoms with Crippen molar-refractivity contribution in [2.45, 2.75) is 26.2 Å². The van der Waals surface area contributed by atoms with Crippen molar-refractivity contribution in [1.29, 1.82) is 0 Å². The Morgan fingerprint density at radius 3 is 3.00 bits per heavy atom. The molecular weight excluding hydrogens is 168 g/mol. The minimum atomic E-state index is 1.20. The van der Waals surface area contributed by atoms with Gasteiger partial charge in [0.05, 0.1) is 0 Å². The molecule has 0 unspecified atom stereocenters. The van der Waals surface area contributed by atoms with E-state index >= 15 is 0 Å². The molecule has 14 heavy (non-hydrogen) atoms. The standard InChI is InChI=1S/C14H15/c1-2-3-6-12-9-10-13-7-4-5-8-14(13)11-12/h4-5,8-11H,2-3,6H2,1H3. The molecule has 0 N–H and O–H groups in total. The number of rotatable bonds is 3. The van der Waals surface area contributed by atoms with Gasteiger partial charge in [0.1, 0.15) is 0 Å². The maximum absolute atomic E-state index is 3.23. The van der Waals surface area contributed by atoms with Gasteiger partial charge in [-0.1, -0.05) is 49.7 Å². The van der Waals surface area contributed by atoms with Crippen LogP contribution in [-0.2, 0) is 6.42 Å². The first-order valence-corrected chi connectivity index (χ1v) is 5.29. The van der Waals surface area contributed by atoms with Crippen LogP contribution in [0.5, 0.6) is 0 Å². The van der Waals surface area contributed by atoms with Gasteiger partial charge in [0.2, 0.25) is 0 Å². The van der Waals surface area contributed by atoms with Crippen LogP contribution < -0.4 is 0 Å². The lowest BCUT2D eigenvalue weighted by Crippen LogP contribution is -1.84. The molecule has 2 aromatic carbocycles. The summed E-state index contributed by atoms with van der Waals surface area (Å²) in [4.78, 5) is 0. The number of unbranched alkanes of at least 4 members (excludes halogenated alkanes) is 1. The Morgan fingerprint density at radius 1 is 1.21 bits per heavy atom. The minimum absolute atomic E-state index is 1.20. The Bertz CT molecular complexity index is 415. The van der Waals surface area contributed by atoms with Crippen molar-refractivity contribution in [3.63, 3.8) is 0 Å². The van der Waals surface area contributed by atoms with Crippen molar-refractivity contribution < 1.29 is 0 Å². The molecule has 0 nitrogen and oxygen atoms in total. The fourth-order valence-electron chi connectivity index (χ4n) is 1.71. The van der Waals surface area contributed by atoms with E-state index in [9.17, 15) is 0 Å². The van der Waals surface area contributed by atoms with Gasteiger partial charge in [-0.15, -0.1) is 0 Å². The Balaban J connectivity index is 2.32. The smallest absolute Gasteiger partial charge is 0.00992 e. The average molecular weight is 183 g/mol. The van der Waals surface area contributed by atoms with Crippen LogP contribution in [0.25, 0.3) is 10.8 Å². The van der Waals surface area contributed by atoms with Crippen molar-refractivity contribution in [3.8, 4) is 0 Å². The van der Waals surface area contributed by atoms with Crippen LogP contribution in [0.4, 0.5) is 0 Å². The van der Waals surface area contributed by atoms with E-state index < -0.39 is 0 Å². The number of hydrogen-bond donors (Lipinski definition) is 0. The molecule has 0 aromatic heterocycles. The van der Waals surface area contributed by atoms with Crippen LogP contribution in [0.3, 0.4) is 0 Å². The largest absolute Gasteiger partial charge is 0.0654 e. The molecule has 0 spiro atoms. The molecule has 0 saturated heterocycles. The van der Waals surface area contributed by atoms with Crippen LogP contribution >= 0.6 is 0 Å². The second-order valence-electron chi connectivity index (χ2n) is 3.70. The lowest BCUT2D eigenvalue weighted by Gasteiger charge is -2.02. The number of benzene rings is 2. The highest BCUT2D eigenvalue weighted by Gasteiger charge is 1.95. The minimum Gasteiger partial charge on any atom is -0.0654 e. The molecule has 0 heteroatoms. The molecule has 2 aromatic rings. The summed E-state index contributed by atoms with van der Waals surface area (Å²) in [6, 6.07) is 16.1. The third kappa shape index (κ3) is 1.95. The number of hydrogen-bond acceptors (Lipinski definition) is 0. The van der Waals surface area contributed by atoms with E-state index in [1.54, 1.807) is 0 Å². The first-order valence-electron chi connectivity index (χ1n) is 5.29. The summed E-state index contributed by atoms with van der Waals surface area (Å²) < 4.78 is 0. The van der Waals surface area contributed by atoms with Gasteiger partial charge < -0.3 is 0 Å². The zero-order valence-corrected chi connectivity index (χ0v) is 8.59. The fraction of sp³-hybridized carbons (Fsp3) is 0.286. The van der Waals surface area contributed by atoms with Crippen LogP contribution in [0.15, 0.2) is 36.4 Å². The van der Waals surface area contributed by atoms with Gasteiger partial charge in [0.25, 0.3) is 0 Å². The number of aryl methyl sites for hydroxylation is 1.